The third-order valence-corrected chi connectivity index (χ3v) is 9.44. The van der Waals surface area contributed by atoms with Crippen molar-refractivity contribution in [2.24, 2.45) is 35.5 Å². The summed E-state index contributed by atoms with van der Waals surface area (Å²) in [6, 6.07) is 1.70. The normalized spacial score (nSPS) is 10.4. The van der Waals surface area contributed by atoms with E-state index in [9.17, 15) is 45.6 Å². The van der Waals surface area contributed by atoms with E-state index in [2.05, 4.69) is 76.6 Å². The second-order valence-corrected chi connectivity index (χ2v) is 19.2. The predicted molar refractivity (Wildman–Crippen MR) is 258 cm³/mol. The van der Waals surface area contributed by atoms with Crippen LogP contribution in [0.2, 0.25) is 0 Å². The molecule has 0 atom stereocenters. The van der Waals surface area contributed by atoms with E-state index in [1.807, 2.05) is 69.2 Å². The van der Waals surface area contributed by atoms with Gasteiger partial charge in [-0.15, -0.1) is 0 Å². The number of ketones is 5. The molecule has 0 aliphatic carbocycles. The van der Waals surface area contributed by atoms with Gasteiger partial charge in [-0.25, -0.2) is 8.42 Å². The van der Waals surface area contributed by atoms with Crippen molar-refractivity contribution in [2.75, 3.05) is 20.6 Å². The number of alkyl halides is 3. The molecule has 9 nitrogen and oxygen atoms in total. The molecule has 0 rings (SSSR count). The average Bonchev–Trinajstić information content (AvgIpc) is 3.17. The van der Waals surface area contributed by atoms with Gasteiger partial charge < -0.3 is 4.90 Å². The molecule has 0 saturated heterocycles. The lowest BCUT2D eigenvalue weighted by Crippen LogP contribution is -2.22. The van der Waals surface area contributed by atoms with Crippen LogP contribution in [-0.4, -0.2) is 74.3 Å². The zero-order chi connectivity index (χ0) is 52.2. The highest BCUT2D eigenvalue weighted by Gasteiger charge is 2.37. The number of Topliss-reactive ketones (excluding diaryl/α,β-unsaturated/α-hetero) is 5. The van der Waals surface area contributed by atoms with E-state index < -0.39 is 33.3 Å². The first-order chi connectivity index (χ1) is 28.3. The highest BCUT2D eigenvalue weighted by molar-refractivity contribution is 7.94. The largest absolute Gasteiger partial charge is 0.419 e. The first-order valence-corrected chi connectivity index (χ1v) is 22.7. The fourth-order valence-electron chi connectivity index (χ4n) is 3.09. The van der Waals surface area contributed by atoms with Crippen molar-refractivity contribution in [2.45, 2.75) is 156 Å². The van der Waals surface area contributed by atoms with Gasteiger partial charge in [0.15, 0.2) is 27.2 Å². The lowest BCUT2D eigenvalue weighted by molar-refractivity contribution is -0.131. The number of hydrogen-bond acceptors (Lipinski definition) is 9. The van der Waals surface area contributed by atoms with Crippen LogP contribution >= 0.6 is 0 Å². The molecule has 0 aromatic carbocycles. The lowest BCUT2D eigenvalue weighted by Gasteiger charge is -2.10. The molecular weight excluding hydrogens is 830 g/mol. The Morgan fingerprint density at radius 1 is 0.714 bits per heavy atom. The fraction of sp³-hybridized carbons (Fsp3) is 0.640. The van der Waals surface area contributed by atoms with E-state index >= 15 is 0 Å². The minimum absolute atomic E-state index is 0.0208. The van der Waals surface area contributed by atoms with Gasteiger partial charge in [0.1, 0.15) is 11.9 Å². The molecule has 0 saturated carbocycles. The molecule has 0 N–H and O–H groups in total. The predicted octanol–water partition coefficient (Wildman–Crippen LogP) is 12.1. The lowest BCUT2D eigenvalue weighted by atomic mass is 9.99. The van der Waals surface area contributed by atoms with Crippen molar-refractivity contribution in [3.05, 3.63) is 59.6 Å². The molecule has 13 heteroatoms. The van der Waals surface area contributed by atoms with Crippen molar-refractivity contribution in [1.82, 2.24) is 4.90 Å². The Hall–Kier alpha value is -4.20. The van der Waals surface area contributed by atoms with Crippen LogP contribution in [0.5, 0.6) is 0 Å². The van der Waals surface area contributed by atoms with Crippen molar-refractivity contribution in [3.63, 3.8) is 0 Å². The number of likely N-dealkylation sites (N-methyl/N-ethyl adjacent to an activating group) is 1. The summed E-state index contributed by atoms with van der Waals surface area (Å²) < 4.78 is 56.4. The van der Waals surface area contributed by atoms with Gasteiger partial charge in [-0.05, 0) is 79.5 Å². The topological polar surface area (TPSA) is 147 Å². The Morgan fingerprint density at radius 3 is 1.25 bits per heavy atom. The molecule has 0 aliphatic heterocycles. The van der Waals surface area contributed by atoms with Crippen molar-refractivity contribution in [1.29, 1.82) is 5.26 Å². The second kappa shape index (κ2) is 40.6. The van der Waals surface area contributed by atoms with E-state index in [0.29, 0.717) is 12.2 Å². The molecule has 0 amide bonds. The summed E-state index contributed by atoms with van der Waals surface area (Å²) in [6.45, 7) is 44.9. The fourth-order valence-corrected chi connectivity index (χ4v) is 3.48. The van der Waals surface area contributed by atoms with Crippen LogP contribution in [0.4, 0.5) is 13.2 Å². The summed E-state index contributed by atoms with van der Waals surface area (Å²) in [5, 5.41) is 8.83. The molecule has 0 aliphatic rings. The Kier molecular flexibility index (Phi) is 47.1. The summed E-state index contributed by atoms with van der Waals surface area (Å²) in [5.41, 5.74) is 0.811. The highest BCUT2D eigenvalue weighted by Crippen LogP contribution is 2.26. The van der Waals surface area contributed by atoms with E-state index in [4.69, 9.17) is 5.26 Å². The Labute approximate surface area is 382 Å². The van der Waals surface area contributed by atoms with Crippen LogP contribution < -0.4 is 0 Å². The van der Waals surface area contributed by atoms with Crippen molar-refractivity contribution in [3.8, 4) is 17.9 Å². The molecule has 364 valence electrons. The van der Waals surface area contributed by atoms with Crippen LogP contribution in [0.25, 0.3) is 0 Å². The van der Waals surface area contributed by atoms with Gasteiger partial charge in [-0.3, -0.25) is 24.0 Å². The maximum atomic E-state index is 11.7. The smallest absolute Gasteiger partial charge is 0.306 e. The number of halogens is 3. The van der Waals surface area contributed by atoms with Crippen LogP contribution in [0.3, 0.4) is 0 Å². The number of nitrogens with zero attached hydrogens (tertiary/aromatic N) is 2. The molecule has 63 heavy (non-hydrogen) atoms. The summed E-state index contributed by atoms with van der Waals surface area (Å²) in [7, 11) is 1.19. The molecule has 0 fully saturated rings. The monoisotopic (exact) mass is 915 g/mol. The van der Waals surface area contributed by atoms with Gasteiger partial charge in [0, 0.05) is 48.0 Å². The van der Waals surface area contributed by atoms with E-state index in [0.717, 1.165) is 29.0 Å². The molecule has 0 bridgehead atoms. The first kappa shape index (κ1) is 73.2. The van der Waals surface area contributed by atoms with Crippen LogP contribution in [-0.2, 0) is 33.8 Å². The molecule has 0 unspecified atom stereocenters. The summed E-state index contributed by atoms with van der Waals surface area (Å²) in [4.78, 5) is 55.9. The molecule has 0 spiro atoms. The third kappa shape index (κ3) is 48.7. The minimum Gasteiger partial charge on any atom is -0.306 e. The maximum absolute atomic E-state index is 11.7. The minimum atomic E-state index is -4.58. The summed E-state index contributed by atoms with van der Waals surface area (Å²) in [5.74, 6) is 4.97. The Morgan fingerprint density at radius 2 is 1.13 bits per heavy atom. The zero-order valence-corrected chi connectivity index (χ0v) is 43.6. The zero-order valence-electron chi connectivity index (χ0n) is 42.8. The molecule has 0 aromatic rings. The van der Waals surface area contributed by atoms with Crippen LogP contribution in [0.1, 0.15) is 144 Å². The van der Waals surface area contributed by atoms with Gasteiger partial charge in [0.2, 0.25) is 5.78 Å². The van der Waals surface area contributed by atoms with E-state index in [1.54, 1.807) is 40.7 Å². The Balaban J connectivity index is -0.000000117. The molecule has 0 radical (unpaired) electrons. The number of allylic oxidation sites excluding steroid dienone is 5. The number of carbonyl (C=O) groups is 5. The highest BCUT2D eigenvalue weighted by atomic mass is 32.2. The van der Waals surface area contributed by atoms with Gasteiger partial charge in [0.05, 0.1) is 16.4 Å². The number of sulfone groups is 1. The molecule has 0 heterocycles. The summed E-state index contributed by atoms with van der Waals surface area (Å²) >= 11 is 0. The SMILES string of the molecule is C=C(C#N)C(=O)C(C)C.C=C(C(=O)C(C)C)C(F)(F)F.C=CS(=O)(=O)C(C)C.CC#CC(=O)C(C)C.CC(C)=C(C)C(=O)C(C)C.CC(C)C/C=C/CN(C)C.CCC(=O)C(C)C. The van der Waals surface area contributed by atoms with Crippen molar-refractivity contribution >= 4 is 38.8 Å². The van der Waals surface area contributed by atoms with Crippen LogP contribution in [0, 0.1) is 58.7 Å². The second-order valence-electron chi connectivity index (χ2n) is 16.8. The van der Waals surface area contributed by atoms with Gasteiger partial charge >= 0.3 is 6.18 Å². The molecular formula is C50H85F3N2O7S. The quantitative estimate of drug-likeness (QED) is 0.0515. The standard InChI is InChI=1S/C9H19N.C9H16O.C7H9F3O.C7H9NO.C7H10O.C6H12O.C5H10O2S/c1-9(2)7-5-6-8-10(3)4;1-6(2)8(5)9(10)7(3)4;1-4(2)6(11)5(3)7(8,9)10;1-5(2)7(9)6(3)4-8;1-4-5-7(8)6(2)3;1-4-6(7)5(2)3;1-4-8(6,7)5(2)3/h5-6,9H,7-8H2,1-4H3;7H,1-5H3;4H,3H2,1-2H3;5H,3H2,1-2H3;6H,1-3H3;5H,4H2,1-3H3;4-5H,1H2,2-3H3/b6-5+;;;;;;. The number of carbonyl (C=O) groups excluding carboxylic acids is 5. The Bertz CT molecular complexity index is 1660. The third-order valence-electron chi connectivity index (χ3n) is 7.66. The van der Waals surface area contributed by atoms with Crippen molar-refractivity contribution < 1.29 is 45.6 Å². The first-order valence-electron chi connectivity index (χ1n) is 21.1. The average molecular weight is 915 g/mol. The van der Waals surface area contributed by atoms with Gasteiger partial charge in [0.25, 0.3) is 0 Å². The van der Waals surface area contributed by atoms with Gasteiger partial charge in [-0.1, -0.05) is 133 Å². The van der Waals surface area contributed by atoms with E-state index in [-0.39, 0.29) is 51.8 Å². The number of nitriles is 1. The number of rotatable bonds is 15. The summed E-state index contributed by atoms with van der Waals surface area (Å²) in [6.07, 6.45) is 1.78. The van der Waals surface area contributed by atoms with Crippen LogP contribution in [0.15, 0.2) is 59.6 Å². The number of hydrogen-bond donors (Lipinski definition) is 0. The van der Waals surface area contributed by atoms with Gasteiger partial charge in [-0.2, -0.15) is 18.4 Å². The van der Waals surface area contributed by atoms with E-state index in [1.165, 1.54) is 20.3 Å². The molecule has 0 aromatic heterocycles. The maximum Gasteiger partial charge on any atom is 0.419 e.